The van der Waals surface area contributed by atoms with E-state index in [1.807, 2.05) is 31.2 Å². The van der Waals surface area contributed by atoms with Crippen molar-refractivity contribution in [3.8, 4) is 11.1 Å². The lowest BCUT2D eigenvalue weighted by Gasteiger charge is -2.09. The summed E-state index contributed by atoms with van der Waals surface area (Å²) >= 11 is 5.99. The van der Waals surface area contributed by atoms with Gasteiger partial charge in [-0.05, 0) is 48.7 Å². The fraction of sp³-hybridized carbons (Fsp3) is 0.136. The monoisotopic (exact) mass is 408 g/mol. The van der Waals surface area contributed by atoms with E-state index in [9.17, 15) is 9.18 Å². The molecule has 0 aliphatic carbocycles. The number of amides is 1. The van der Waals surface area contributed by atoms with Gasteiger partial charge in [0.15, 0.2) is 5.65 Å². The Labute approximate surface area is 172 Å². The van der Waals surface area contributed by atoms with Crippen LogP contribution in [0.3, 0.4) is 0 Å². The summed E-state index contributed by atoms with van der Waals surface area (Å²) in [6.07, 6.45) is 3.90. The number of hydrogen-bond acceptors (Lipinski definition) is 3. The number of rotatable bonds is 5. The van der Waals surface area contributed by atoms with Crippen LogP contribution >= 0.6 is 11.6 Å². The van der Waals surface area contributed by atoms with Crippen molar-refractivity contribution in [2.45, 2.75) is 13.3 Å². The maximum absolute atomic E-state index is 13.2. The molecule has 4 aromatic rings. The molecule has 0 aliphatic rings. The molecule has 0 spiro atoms. The van der Waals surface area contributed by atoms with Crippen molar-refractivity contribution in [2.24, 2.45) is 0 Å². The zero-order chi connectivity index (χ0) is 20.4. The Bertz CT molecular complexity index is 1190. The number of aromatic nitrogens is 3. The fourth-order valence-corrected chi connectivity index (χ4v) is 3.42. The SMILES string of the molecule is Cc1c(C(=O)NCCc2cccc(Cl)c2)cnc2c(-c3ccc(F)cc3)cnn12. The van der Waals surface area contributed by atoms with E-state index in [4.69, 9.17) is 11.6 Å². The summed E-state index contributed by atoms with van der Waals surface area (Å²) in [5.74, 6) is -0.510. The number of halogens is 2. The van der Waals surface area contributed by atoms with E-state index < -0.39 is 0 Å². The molecule has 4 rings (SSSR count). The molecule has 1 amide bonds. The van der Waals surface area contributed by atoms with E-state index in [-0.39, 0.29) is 11.7 Å². The van der Waals surface area contributed by atoms with Crippen LogP contribution in [0.25, 0.3) is 16.8 Å². The molecule has 5 nitrogen and oxygen atoms in total. The summed E-state index contributed by atoms with van der Waals surface area (Å²) in [5.41, 5.74) is 4.40. The molecule has 0 radical (unpaired) electrons. The Morgan fingerprint density at radius 1 is 1.17 bits per heavy atom. The molecule has 0 bridgehead atoms. The van der Waals surface area contributed by atoms with Crippen molar-refractivity contribution in [2.75, 3.05) is 6.54 Å². The lowest BCUT2D eigenvalue weighted by Crippen LogP contribution is -2.27. The highest BCUT2D eigenvalue weighted by Crippen LogP contribution is 2.24. The summed E-state index contributed by atoms with van der Waals surface area (Å²) < 4.78 is 14.8. The third-order valence-corrected chi connectivity index (χ3v) is 4.99. The minimum absolute atomic E-state index is 0.210. The maximum Gasteiger partial charge on any atom is 0.254 e. The highest BCUT2D eigenvalue weighted by atomic mass is 35.5. The van der Waals surface area contributed by atoms with E-state index in [2.05, 4.69) is 15.4 Å². The standard InChI is InChI=1S/C22H18ClFN4O/c1-14-19(22(29)25-10-9-15-3-2-4-17(23)11-15)12-26-21-20(13-27-28(14)21)16-5-7-18(24)8-6-16/h2-8,11-13H,9-10H2,1H3,(H,25,29). The molecule has 0 fully saturated rings. The number of aryl methyl sites for hydroxylation is 1. The predicted molar refractivity (Wildman–Crippen MR) is 111 cm³/mol. The average molecular weight is 409 g/mol. The van der Waals surface area contributed by atoms with Gasteiger partial charge in [-0.3, -0.25) is 4.79 Å². The Kier molecular flexibility index (Phi) is 5.27. The van der Waals surface area contributed by atoms with Crippen LogP contribution in [-0.4, -0.2) is 27.0 Å². The molecular weight excluding hydrogens is 391 g/mol. The van der Waals surface area contributed by atoms with E-state index in [0.717, 1.165) is 16.7 Å². The van der Waals surface area contributed by atoms with Gasteiger partial charge in [0.05, 0.1) is 17.5 Å². The second-order valence-electron chi connectivity index (χ2n) is 6.69. The van der Waals surface area contributed by atoms with Crippen molar-refractivity contribution >= 4 is 23.2 Å². The normalized spacial score (nSPS) is 11.0. The lowest BCUT2D eigenvalue weighted by atomic mass is 10.1. The minimum atomic E-state index is -0.300. The molecule has 1 N–H and O–H groups in total. The first-order valence-electron chi connectivity index (χ1n) is 9.15. The molecule has 2 aromatic carbocycles. The van der Waals surface area contributed by atoms with Crippen molar-refractivity contribution in [1.29, 1.82) is 0 Å². The largest absolute Gasteiger partial charge is 0.352 e. The smallest absolute Gasteiger partial charge is 0.254 e. The second kappa shape index (κ2) is 8.01. The van der Waals surface area contributed by atoms with Crippen molar-refractivity contribution in [3.63, 3.8) is 0 Å². The number of carbonyl (C=O) groups is 1. The Morgan fingerprint density at radius 2 is 1.97 bits per heavy atom. The van der Waals surface area contributed by atoms with Crippen LogP contribution in [0.1, 0.15) is 21.6 Å². The summed E-state index contributed by atoms with van der Waals surface area (Å²) in [7, 11) is 0. The van der Waals surface area contributed by atoms with E-state index in [1.54, 1.807) is 29.0 Å². The molecule has 0 unspecified atom stereocenters. The Balaban J connectivity index is 1.53. The van der Waals surface area contributed by atoms with Gasteiger partial charge in [0.25, 0.3) is 5.91 Å². The van der Waals surface area contributed by atoms with Gasteiger partial charge in [0.2, 0.25) is 0 Å². The number of hydrogen-bond donors (Lipinski definition) is 1. The molecule has 7 heteroatoms. The summed E-state index contributed by atoms with van der Waals surface area (Å²) in [6, 6.07) is 13.7. The van der Waals surface area contributed by atoms with Crippen molar-refractivity contribution < 1.29 is 9.18 Å². The third-order valence-electron chi connectivity index (χ3n) is 4.76. The van der Waals surface area contributed by atoms with E-state index in [0.29, 0.717) is 34.9 Å². The maximum atomic E-state index is 13.2. The first-order chi connectivity index (χ1) is 14.0. The van der Waals surface area contributed by atoms with Gasteiger partial charge < -0.3 is 5.32 Å². The zero-order valence-corrected chi connectivity index (χ0v) is 16.4. The van der Waals surface area contributed by atoms with Crippen LogP contribution in [-0.2, 0) is 6.42 Å². The average Bonchev–Trinajstić information content (AvgIpc) is 3.14. The third kappa shape index (κ3) is 3.98. The van der Waals surface area contributed by atoms with Crippen LogP contribution in [0.2, 0.25) is 5.02 Å². The van der Waals surface area contributed by atoms with Crippen molar-refractivity contribution in [3.05, 3.63) is 88.6 Å². The van der Waals surface area contributed by atoms with Crippen LogP contribution in [0.5, 0.6) is 0 Å². The zero-order valence-electron chi connectivity index (χ0n) is 15.7. The molecule has 29 heavy (non-hydrogen) atoms. The summed E-state index contributed by atoms with van der Waals surface area (Å²) in [6.45, 7) is 2.30. The number of carbonyl (C=O) groups excluding carboxylic acids is 1. The predicted octanol–water partition coefficient (Wildman–Crippen LogP) is 4.47. The number of fused-ring (bicyclic) bond motifs is 1. The molecule has 0 atom stereocenters. The molecular formula is C22H18ClFN4O. The van der Waals surface area contributed by atoms with Gasteiger partial charge in [-0.25, -0.2) is 13.9 Å². The van der Waals surface area contributed by atoms with Crippen LogP contribution < -0.4 is 5.32 Å². The van der Waals surface area contributed by atoms with Crippen LogP contribution in [0.15, 0.2) is 60.9 Å². The van der Waals surface area contributed by atoms with Crippen molar-refractivity contribution in [1.82, 2.24) is 19.9 Å². The molecule has 0 saturated heterocycles. The van der Waals surface area contributed by atoms with Crippen LogP contribution in [0.4, 0.5) is 4.39 Å². The molecule has 2 aromatic heterocycles. The first-order valence-corrected chi connectivity index (χ1v) is 9.52. The van der Waals surface area contributed by atoms with Gasteiger partial charge in [0.1, 0.15) is 5.82 Å². The Hall–Kier alpha value is -3.25. The Morgan fingerprint density at radius 3 is 2.72 bits per heavy atom. The highest BCUT2D eigenvalue weighted by Gasteiger charge is 2.16. The van der Waals surface area contributed by atoms with Gasteiger partial charge in [0, 0.05) is 23.3 Å². The van der Waals surface area contributed by atoms with Crippen LogP contribution in [0, 0.1) is 12.7 Å². The summed E-state index contributed by atoms with van der Waals surface area (Å²) in [5, 5.41) is 7.95. The highest BCUT2D eigenvalue weighted by molar-refractivity contribution is 6.30. The van der Waals surface area contributed by atoms with Gasteiger partial charge >= 0.3 is 0 Å². The molecule has 0 aliphatic heterocycles. The fourth-order valence-electron chi connectivity index (χ4n) is 3.21. The topological polar surface area (TPSA) is 59.3 Å². The van der Waals surface area contributed by atoms with Gasteiger partial charge in [-0.1, -0.05) is 35.9 Å². The molecule has 2 heterocycles. The van der Waals surface area contributed by atoms with E-state index >= 15 is 0 Å². The quantitative estimate of drug-likeness (QED) is 0.530. The van der Waals surface area contributed by atoms with Gasteiger partial charge in [-0.15, -0.1) is 0 Å². The minimum Gasteiger partial charge on any atom is -0.352 e. The molecule has 0 saturated carbocycles. The van der Waals surface area contributed by atoms with Gasteiger partial charge in [-0.2, -0.15) is 5.10 Å². The number of nitrogens with zero attached hydrogens (tertiary/aromatic N) is 3. The lowest BCUT2D eigenvalue weighted by molar-refractivity contribution is 0.0952. The summed E-state index contributed by atoms with van der Waals surface area (Å²) in [4.78, 5) is 17.0. The van der Waals surface area contributed by atoms with E-state index in [1.165, 1.54) is 12.1 Å². The molecule has 146 valence electrons. The first kappa shape index (κ1) is 19.1. The second-order valence-corrected chi connectivity index (χ2v) is 7.13. The number of nitrogens with one attached hydrogen (secondary N) is 1. The number of benzene rings is 2.